The average Bonchev–Trinajstić information content (AvgIpc) is 3.01. The van der Waals surface area contributed by atoms with Crippen molar-refractivity contribution in [1.82, 2.24) is 5.32 Å². The molecule has 2 N–H and O–H groups in total. The van der Waals surface area contributed by atoms with Crippen molar-refractivity contribution in [3.8, 4) is 0 Å². The minimum Gasteiger partial charge on any atom is -0.393 e. The second-order valence-corrected chi connectivity index (χ2v) is 6.43. The van der Waals surface area contributed by atoms with E-state index in [0.717, 1.165) is 43.7 Å². The van der Waals surface area contributed by atoms with Crippen molar-refractivity contribution in [1.29, 1.82) is 0 Å². The molecule has 116 valence electrons. The van der Waals surface area contributed by atoms with Gasteiger partial charge in [-0.25, -0.2) is 4.39 Å². The van der Waals surface area contributed by atoms with Crippen molar-refractivity contribution in [2.24, 2.45) is 11.8 Å². The minimum atomic E-state index is -0.178. The number of fused-ring (bicyclic) bond motifs is 1. The van der Waals surface area contributed by atoms with Crippen molar-refractivity contribution in [3.63, 3.8) is 0 Å². The van der Waals surface area contributed by atoms with Crippen molar-refractivity contribution in [2.45, 2.75) is 38.8 Å². The molecule has 21 heavy (non-hydrogen) atoms. The van der Waals surface area contributed by atoms with Crippen molar-refractivity contribution >= 4 is 5.69 Å². The van der Waals surface area contributed by atoms with E-state index >= 15 is 0 Å². The summed E-state index contributed by atoms with van der Waals surface area (Å²) in [6, 6.07) is 5.34. The number of rotatable bonds is 4. The maximum absolute atomic E-state index is 14.3. The molecule has 0 bridgehead atoms. The summed E-state index contributed by atoms with van der Waals surface area (Å²) in [5, 5.41) is 13.4. The largest absolute Gasteiger partial charge is 0.393 e. The van der Waals surface area contributed by atoms with Crippen LogP contribution in [0.5, 0.6) is 0 Å². The second kappa shape index (κ2) is 5.93. The first-order valence-electron chi connectivity index (χ1n) is 8.06. The van der Waals surface area contributed by atoms with Crippen molar-refractivity contribution in [3.05, 3.63) is 29.6 Å². The molecule has 2 aliphatic rings. The Bertz CT molecular complexity index is 508. The van der Waals surface area contributed by atoms with Gasteiger partial charge in [0.25, 0.3) is 0 Å². The third-order valence-electron chi connectivity index (χ3n) is 5.13. The van der Waals surface area contributed by atoms with Crippen LogP contribution in [-0.4, -0.2) is 30.8 Å². The van der Waals surface area contributed by atoms with Crippen LogP contribution in [0.25, 0.3) is 0 Å². The highest BCUT2D eigenvalue weighted by Crippen LogP contribution is 2.41. The molecule has 4 unspecified atom stereocenters. The van der Waals surface area contributed by atoms with Crippen LogP contribution in [0.15, 0.2) is 18.2 Å². The predicted molar refractivity (Wildman–Crippen MR) is 82.9 cm³/mol. The van der Waals surface area contributed by atoms with Gasteiger partial charge in [-0.3, -0.25) is 0 Å². The number of hydrogen-bond acceptors (Lipinski definition) is 3. The van der Waals surface area contributed by atoms with Crippen molar-refractivity contribution < 1.29 is 9.50 Å². The van der Waals surface area contributed by atoms with Gasteiger partial charge < -0.3 is 15.3 Å². The smallest absolute Gasteiger partial charge is 0.130 e. The van der Waals surface area contributed by atoms with E-state index in [4.69, 9.17) is 0 Å². The number of benzene rings is 1. The number of aliphatic hydroxyl groups is 1. The summed E-state index contributed by atoms with van der Waals surface area (Å²) in [7, 11) is 0. The molecule has 1 aromatic carbocycles. The predicted octanol–water partition coefficient (Wildman–Crippen LogP) is 2.70. The summed E-state index contributed by atoms with van der Waals surface area (Å²) in [6.07, 6.45) is 1.84. The normalized spacial score (nSPS) is 29.7. The van der Waals surface area contributed by atoms with E-state index in [-0.39, 0.29) is 18.0 Å². The summed E-state index contributed by atoms with van der Waals surface area (Å²) >= 11 is 0. The van der Waals surface area contributed by atoms with Crippen LogP contribution in [0.1, 0.15) is 38.3 Å². The SMILES string of the molecule is CCNC(C)c1c(F)cccc1N1CC2CCC(O)C2C1. The van der Waals surface area contributed by atoms with Crippen LogP contribution in [0.3, 0.4) is 0 Å². The molecule has 1 aliphatic heterocycles. The van der Waals surface area contributed by atoms with Gasteiger partial charge in [-0.2, -0.15) is 0 Å². The Kier molecular flexibility index (Phi) is 4.18. The van der Waals surface area contributed by atoms with Crippen LogP contribution in [0.2, 0.25) is 0 Å². The van der Waals surface area contributed by atoms with Crippen LogP contribution >= 0.6 is 0 Å². The highest BCUT2D eigenvalue weighted by molar-refractivity contribution is 5.56. The molecular formula is C17H25FN2O. The lowest BCUT2D eigenvalue weighted by Crippen LogP contribution is -2.28. The third kappa shape index (κ3) is 2.67. The molecule has 4 atom stereocenters. The van der Waals surface area contributed by atoms with Gasteiger partial charge in [0.1, 0.15) is 5.82 Å². The molecule has 1 heterocycles. The number of hydrogen-bond donors (Lipinski definition) is 2. The van der Waals surface area contributed by atoms with E-state index < -0.39 is 0 Å². The third-order valence-corrected chi connectivity index (χ3v) is 5.13. The lowest BCUT2D eigenvalue weighted by molar-refractivity contribution is 0.133. The molecule has 3 nitrogen and oxygen atoms in total. The Balaban J connectivity index is 1.87. The van der Waals surface area contributed by atoms with Gasteiger partial charge in [0.15, 0.2) is 0 Å². The topological polar surface area (TPSA) is 35.5 Å². The summed E-state index contributed by atoms with van der Waals surface area (Å²) in [5.41, 5.74) is 1.75. The van der Waals surface area contributed by atoms with Crippen LogP contribution in [-0.2, 0) is 0 Å². The zero-order valence-electron chi connectivity index (χ0n) is 12.8. The molecule has 0 aromatic heterocycles. The van der Waals surface area contributed by atoms with E-state index in [1.165, 1.54) is 0 Å². The molecule has 1 saturated heterocycles. The fourth-order valence-corrected chi connectivity index (χ4v) is 4.07. The standard InChI is InChI=1S/C17H25FN2O/c1-3-19-11(2)17-14(18)5-4-6-15(17)20-9-12-7-8-16(21)13(12)10-20/h4-6,11-13,16,19,21H,3,7-10H2,1-2H3. The molecule has 0 spiro atoms. The molecule has 4 heteroatoms. The molecule has 1 aliphatic carbocycles. The van der Waals surface area contributed by atoms with Gasteiger partial charge in [0.05, 0.1) is 6.10 Å². The van der Waals surface area contributed by atoms with Gasteiger partial charge in [-0.15, -0.1) is 0 Å². The van der Waals surface area contributed by atoms with Crippen LogP contribution < -0.4 is 10.2 Å². The maximum Gasteiger partial charge on any atom is 0.130 e. The zero-order valence-corrected chi connectivity index (χ0v) is 12.8. The number of nitrogens with zero attached hydrogens (tertiary/aromatic N) is 1. The van der Waals surface area contributed by atoms with Gasteiger partial charge in [0, 0.05) is 36.3 Å². The van der Waals surface area contributed by atoms with Gasteiger partial charge >= 0.3 is 0 Å². The lowest BCUT2D eigenvalue weighted by Gasteiger charge is -2.26. The maximum atomic E-state index is 14.3. The second-order valence-electron chi connectivity index (χ2n) is 6.43. The summed E-state index contributed by atoms with van der Waals surface area (Å²) in [6.45, 7) is 6.65. The Labute approximate surface area is 126 Å². The Morgan fingerprint density at radius 3 is 2.90 bits per heavy atom. The number of nitrogens with one attached hydrogen (secondary N) is 1. The summed E-state index contributed by atoms with van der Waals surface area (Å²) in [5.74, 6) is 0.777. The molecule has 1 aromatic rings. The fraction of sp³-hybridized carbons (Fsp3) is 0.647. The summed E-state index contributed by atoms with van der Waals surface area (Å²) < 4.78 is 14.3. The average molecular weight is 292 g/mol. The number of anilines is 1. The molecular weight excluding hydrogens is 267 g/mol. The highest BCUT2D eigenvalue weighted by Gasteiger charge is 2.42. The molecule has 3 rings (SSSR count). The first-order valence-corrected chi connectivity index (χ1v) is 8.06. The Morgan fingerprint density at radius 1 is 1.38 bits per heavy atom. The van der Waals surface area contributed by atoms with Gasteiger partial charge in [-0.05, 0) is 44.4 Å². The van der Waals surface area contributed by atoms with Gasteiger partial charge in [-0.1, -0.05) is 13.0 Å². The van der Waals surface area contributed by atoms with E-state index in [1.54, 1.807) is 12.1 Å². The first kappa shape index (κ1) is 14.8. The van der Waals surface area contributed by atoms with Crippen LogP contribution in [0, 0.1) is 17.7 Å². The zero-order chi connectivity index (χ0) is 15.0. The summed E-state index contributed by atoms with van der Waals surface area (Å²) in [4.78, 5) is 2.27. The van der Waals surface area contributed by atoms with E-state index in [0.29, 0.717) is 11.8 Å². The monoisotopic (exact) mass is 292 g/mol. The lowest BCUT2D eigenvalue weighted by atomic mass is 10.00. The first-order chi connectivity index (χ1) is 10.1. The van der Waals surface area contributed by atoms with Crippen LogP contribution in [0.4, 0.5) is 10.1 Å². The van der Waals surface area contributed by atoms with E-state index in [9.17, 15) is 9.50 Å². The fourth-order valence-electron chi connectivity index (χ4n) is 4.07. The van der Waals surface area contributed by atoms with Gasteiger partial charge in [0.2, 0.25) is 0 Å². The molecule has 0 amide bonds. The van der Waals surface area contributed by atoms with E-state index in [2.05, 4.69) is 10.2 Å². The quantitative estimate of drug-likeness (QED) is 0.895. The molecule has 0 radical (unpaired) electrons. The van der Waals surface area contributed by atoms with Crippen molar-refractivity contribution in [2.75, 3.05) is 24.5 Å². The minimum absolute atomic E-state index is 0.00318. The molecule has 2 fully saturated rings. The Morgan fingerprint density at radius 2 is 2.19 bits per heavy atom. The molecule has 1 saturated carbocycles. The number of aliphatic hydroxyl groups excluding tert-OH is 1. The number of halogens is 1. The van der Waals surface area contributed by atoms with E-state index in [1.807, 2.05) is 19.9 Å². The Hall–Kier alpha value is -1.13. The highest BCUT2D eigenvalue weighted by atomic mass is 19.1.